The SMILES string of the molecule is Cc1cc(C(=O)CN2C(=O)N[C@H](CC(C)C)C2=O)c(C)n1CC(F)(F)F. The van der Waals surface area contributed by atoms with Gasteiger partial charge in [0, 0.05) is 17.0 Å². The Balaban J connectivity index is 2.17. The third-order valence-corrected chi connectivity index (χ3v) is 4.33. The number of ketones is 1. The average Bonchev–Trinajstić information content (AvgIpc) is 2.90. The fourth-order valence-electron chi connectivity index (χ4n) is 3.09. The number of amides is 3. The van der Waals surface area contributed by atoms with Crippen LogP contribution in [-0.4, -0.2) is 46.0 Å². The molecular weight excluding hydrogens is 351 g/mol. The molecule has 1 fully saturated rings. The number of urea groups is 1. The third-order valence-electron chi connectivity index (χ3n) is 4.33. The fourth-order valence-corrected chi connectivity index (χ4v) is 3.09. The lowest BCUT2D eigenvalue weighted by Crippen LogP contribution is -2.36. The Kier molecular flexibility index (Phi) is 5.48. The maximum absolute atomic E-state index is 12.7. The van der Waals surface area contributed by atoms with Crippen molar-refractivity contribution >= 4 is 17.7 Å². The summed E-state index contributed by atoms with van der Waals surface area (Å²) in [6.45, 7) is 5.01. The molecule has 3 amide bonds. The minimum atomic E-state index is -4.41. The van der Waals surface area contributed by atoms with Crippen LogP contribution >= 0.6 is 0 Å². The average molecular weight is 373 g/mol. The molecule has 0 bridgehead atoms. The van der Waals surface area contributed by atoms with Gasteiger partial charge in [0.25, 0.3) is 5.91 Å². The van der Waals surface area contributed by atoms with Gasteiger partial charge in [-0.1, -0.05) is 13.8 Å². The molecule has 9 heteroatoms. The minimum Gasteiger partial charge on any atom is -0.339 e. The highest BCUT2D eigenvalue weighted by Gasteiger charge is 2.39. The van der Waals surface area contributed by atoms with Gasteiger partial charge in [-0.05, 0) is 32.3 Å². The van der Waals surface area contributed by atoms with Gasteiger partial charge in [0.05, 0.1) is 6.54 Å². The van der Waals surface area contributed by atoms with Gasteiger partial charge >= 0.3 is 12.2 Å². The lowest BCUT2D eigenvalue weighted by Gasteiger charge is -2.14. The van der Waals surface area contributed by atoms with Crippen LogP contribution in [0.25, 0.3) is 0 Å². The summed E-state index contributed by atoms with van der Waals surface area (Å²) in [4.78, 5) is 37.6. The zero-order chi connectivity index (χ0) is 19.8. The molecule has 26 heavy (non-hydrogen) atoms. The summed E-state index contributed by atoms with van der Waals surface area (Å²) in [6.07, 6.45) is -3.96. The van der Waals surface area contributed by atoms with E-state index in [2.05, 4.69) is 5.32 Å². The second-order valence-electron chi connectivity index (χ2n) is 6.97. The van der Waals surface area contributed by atoms with Gasteiger partial charge < -0.3 is 9.88 Å². The summed E-state index contributed by atoms with van der Waals surface area (Å²) < 4.78 is 39.0. The number of hydrogen-bond donors (Lipinski definition) is 1. The highest BCUT2D eigenvalue weighted by atomic mass is 19.4. The Morgan fingerprint density at radius 1 is 1.27 bits per heavy atom. The van der Waals surface area contributed by atoms with Crippen molar-refractivity contribution in [2.75, 3.05) is 6.54 Å². The molecule has 2 heterocycles. The first kappa shape index (κ1) is 20.0. The molecule has 1 saturated heterocycles. The van der Waals surface area contributed by atoms with E-state index in [9.17, 15) is 27.6 Å². The Morgan fingerprint density at radius 2 is 1.88 bits per heavy atom. The summed E-state index contributed by atoms with van der Waals surface area (Å²) >= 11 is 0. The molecule has 1 aliphatic heterocycles. The molecule has 1 N–H and O–H groups in total. The molecule has 0 aromatic carbocycles. The lowest BCUT2D eigenvalue weighted by atomic mass is 10.0. The molecule has 0 spiro atoms. The van der Waals surface area contributed by atoms with Crippen LogP contribution in [0.2, 0.25) is 0 Å². The molecule has 6 nitrogen and oxygen atoms in total. The van der Waals surface area contributed by atoms with Crippen LogP contribution in [0.3, 0.4) is 0 Å². The number of nitrogens with one attached hydrogen (secondary N) is 1. The third kappa shape index (κ3) is 4.25. The summed E-state index contributed by atoms with van der Waals surface area (Å²) in [5.74, 6) is -0.873. The standard InChI is InChI=1S/C17H22F3N3O3/c1-9(2)5-13-15(25)22(16(26)21-13)7-14(24)12-6-10(3)23(11(12)4)8-17(18,19)20/h6,9,13H,5,7-8H2,1-4H3,(H,21,26)/t13-/m1/s1. The largest absolute Gasteiger partial charge is 0.406 e. The number of nitrogens with zero attached hydrogens (tertiary/aromatic N) is 2. The van der Waals surface area contributed by atoms with E-state index >= 15 is 0 Å². The first-order valence-corrected chi connectivity index (χ1v) is 8.29. The number of aryl methyl sites for hydroxylation is 1. The van der Waals surface area contributed by atoms with E-state index in [1.54, 1.807) is 0 Å². The summed E-state index contributed by atoms with van der Waals surface area (Å²) in [5.41, 5.74) is 0.535. The number of alkyl halides is 3. The van der Waals surface area contributed by atoms with E-state index in [1.165, 1.54) is 19.9 Å². The summed E-state index contributed by atoms with van der Waals surface area (Å²) in [5, 5.41) is 2.54. The predicted molar refractivity (Wildman–Crippen MR) is 87.8 cm³/mol. The monoisotopic (exact) mass is 373 g/mol. The van der Waals surface area contributed by atoms with Crippen molar-refractivity contribution in [2.45, 2.75) is 52.9 Å². The first-order valence-electron chi connectivity index (χ1n) is 8.29. The molecule has 144 valence electrons. The van der Waals surface area contributed by atoms with Crippen LogP contribution in [0.15, 0.2) is 6.07 Å². The van der Waals surface area contributed by atoms with Crippen molar-refractivity contribution in [1.29, 1.82) is 0 Å². The molecule has 1 atom stereocenters. The van der Waals surface area contributed by atoms with Gasteiger partial charge in [-0.2, -0.15) is 13.2 Å². The number of carbonyl (C=O) groups is 3. The quantitative estimate of drug-likeness (QED) is 0.616. The summed E-state index contributed by atoms with van der Waals surface area (Å²) in [6, 6.07) is 0.0269. The maximum Gasteiger partial charge on any atom is 0.406 e. The summed E-state index contributed by atoms with van der Waals surface area (Å²) in [7, 11) is 0. The highest BCUT2D eigenvalue weighted by Crippen LogP contribution is 2.24. The Labute approximate surface area is 149 Å². The Bertz CT molecular complexity index is 738. The molecule has 0 aliphatic carbocycles. The molecule has 0 radical (unpaired) electrons. The van der Waals surface area contributed by atoms with Gasteiger partial charge in [-0.25, -0.2) is 4.79 Å². The molecule has 0 unspecified atom stereocenters. The van der Waals surface area contributed by atoms with Crippen LogP contribution in [-0.2, 0) is 11.3 Å². The van der Waals surface area contributed by atoms with Crippen molar-refractivity contribution < 1.29 is 27.6 Å². The second-order valence-corrected chi connectivity index (χ2v) is 6.97. The van der Waals surface area contributed by atoms with Crippen molar-refractivity contribution in [1.82, 2.24) is 14.8 Å². The number of rotatable bonds is 6. The second kappa shape index (κ2) is 7.13. The van der Waals surface area contributed by atoms with Gasteiger partial charge in [-0.15, -0.1) is 0 Å². The van der Waals surface area contributed by atoms with Crippen LogP contribution in [0, 0.1) is 19.8 Å². The molecule has 1 aromatic heterocycles. The molecule has 1 aromatic rings. The van der Waals surface area contributed by atoms with E-state index in [-0.39, 0.29) is 22.9 Å². The van der Waals surface area contributed by atoms with Crippen LogP contribution in [0.1, 0.15) is 42.0 Å². The predicted octanol–water partition coefficient (Wildman–Crippen LogP) is 2.82. The Morgan fingerprint density at radius 3 is 2.42 bits per heavy atom. The number of carbonyl (C=O) groups excluding carboxylic acids is 3. The molecule has 0 saturated carbocycles. The normalized spacial score (nSPS) is 18.0. The van der Waals surface area contributed by atoms with Crippen LogP contribution in [0.5, 0.6) is 0 Å². The van der Waals surface area contributed by atoms with E-state index in [1.807, 2.05) is 13.8 Å². The lowest BCUT2D eigenvalue weighted by molar-refractivity contribution is -0.141. The van der Waals surface area contributed by atoms with Crippen molar-refractivity contribution in [2.24, 2.45) is 5.92 Å². The minimum absolute atomic E-state index is 0.0830. The van der Waals surface area contributed by atoms with Crippen molar-refractivity contribution in [3.63, 3.8) is 0 Å². The van der Waals surface area contributed by atoms with Crippen molar-refractivity contribution in [3.05, 3.63) is 23.0 Å². The van der Waals surface area contributed by atoms with E-state index in [4.69, 9.17) is 0 Å². The zero-order valence-corrected chi connectivity index (χ0v) is 15.1. The highest BCUT2D eigenvalue weighted by molar-refractivity contribution is 6.09. The van der Waals surface area contributed by atoms with Gasteiger partial charge in [0.15, 0.2) is 5.78 Å². The smallest absolute Gasteiger partial charge is 0.339 e. The van der Waals surface area contributed by atoms with Gasteiger partial charge in [0.1, 0.15) is 12.6 Å². The fraction of sp³-hybridized carbons (Fsp3) is 0.588. The van der Waals surface area contributed by atoms with Crippen LogP contribution < -0.4 is 5.32 Å². The van der Waals surface area contributed by atoms with Crippen molar-refractivity contribution in [3.8, 4) is 0 Å². The number of halogens is 3. The van der Waals surface area contributed by atoms with Gasteiger partial charge in [-0.3, -0.25) is 14.5 Å². The molecule has 2 rings (SSSR count). The van der Waals surface area contributed by atoms with E-state index in [0.29, 0.717) is 6.42 Å². The number of hydrogen-bond acceptors (Lipinski definition) is 3. The van der Waals surface area contributed by atoms with E-state index < -0.39 is 43.0 Å². The maximum atomic E-state index is 12.7. The number of imide groups is 1. The van der Waals surface area contributed by atoms with E-state index in [0.717, 1.165) is 9.47 Å². The first-order chi connectivity index (χ1) is 11.9. The molecular formula is C17H22F3N3O3. The zero-order valence-electron chi connectivity index (χ0n) is 15.1. The van der Waals surface area contributed by atoms with Gasteiger partial charge in [0.2, 0.25) is 0 Å². The van der Waals surface area contributed by atoms with Crippen LogP contribution in [0.4, 0.5) is 18.0 Å². The number of aromatic nitrogens is 1. The topological polar surface area (TPSA) is 71.4 Å². The number of Topliss-reactive ketones (excluding diaryl/α,β-unsaturated/α-hetero) is 1. The Hall–Kier alpha value is -2.32. The molecule has 1 aliphatic rings.